The minimum Gasteiger partial charge on any atom is -0.374 e. The normalized spacial score (nSPS) is 19.9. The summed E-state index contributed by atoms with van der Waals surface area (Å²) in [4.78, 5) is 14.3. The number of ether oxygens (including phenoxy) is 1. The number of rotatable bonds is 2. The molecule has 1 fully saturated rings. The predicted molar refractivity (Wildman–Crippen MR) is 78.3 cm³/mol. The largest absolute Gasteiger partial charge is 0.374 e. The molecule has 1 aromatic carbocycles. The van der Waals surface area contributed by atoms with Crippen LogP contribution in [-0.2, 0) is 4.74 Å². The molecule has 0 aliphatic carbocycles. The molecule has 98 valence electrons. The van der Waals surface area contributed by atoms with Gasteiger partial charge in [0.1, 0.15) is 0 Å². The van der Waals surface area contributed by atoms with Crippen LogP contribution in [-0.4, -0.2) is 41.9 Å². The van der Waals surface area contributed by atoms with Gasteiger partial charge in [0.25, 0.3) is 5.91 Å². The van der Waals surface area contributed by atoms with E-state index in [1.54, 1.807) is 0 Å². The van der Waals surface area contributed by atoms with Gasteiger partial charge in [0.2, 0.25) is 0 Å². The van der Waals surface area contributed by atoms with Crippen molar-refractivity contribution in [1.82, 2.24) is 4.90 Å². The van der Waals surface area contributed by atoms with Crippen molar-refractivity contribution < 1.29 is 9.53 Å². The molecule has 1 aliphatic rings. The third kappa shape index (κ3) is 3.13. The van der Waals surface area contributed by atoms with Crippen molar-refractivity contribution >= 4 is 37.8 Å². The summed E-state index contributed by atoms with van der Waals surface area (Å²) in [6.07, 6.45) is 0.0958. The summed E-state index contributed by atoms with van der Waals surface area (Å²) >= 11 is 6.81. The molecule has 0 N–H and O–H groups in total. The zero-order valence-electron chi connectivity index (χ0n) is 10.2. The predicted octanol–water partition coefficient (Wildman–Crippen LogP) is 2.99. The SMILES string of the molecule is Cc1cc(Br)ccc1C(=O)N1CCOC(CBr)C1. The highest BCUT2D eigenvalue weighted by Crippen LogP contribution is 2.19. The van der Waals surface area contributed by atoms with Gasteiger partial charge < -0.3 is 9.64 Å². The summed E-state index contributed by atoms with van der Waals surface area (Å²) in [6, 6.07) is 5.75. The van der Waals surface area contributed by atoms with E-state index in [1.807, 2.05) is 30.0 Å². The summed E-state index contributed by atoms with van der Waals surface area (Å²) in [5.74, 6) is 0.0919. The number of benzene rings is 1. The molecular formula is C13H15Br2NO2. The van der Waals surface area contributed by atoms with Crippen LogP contribution in [0.5, 0.6) is 0 Å². The lowest BCUT2D eigenvalue weighted by molar-refractivity contribution is -0.00968. The highest BCUT2D eigenvalue weighted by molar-refractivity contribution is 9.10. The zero-order chi connectivity index (χ0) is 13.1. The van der Waals surface area contributed by atoms with Gasteiger partial charge in [0.05, 0.1) is 12.7 Å². The Bertz CT molecular complexity index is 451. The molecule has 5 heteroatoms. The van der Waals surface area contributed by atoms with E-state index in [4.69, 9.17) is 4.74 Å². The van der Waals surface area contributed by atoms with Crippen molar-refractivity contribution in [3.63, 3.8) is 0 Å². The first-order valence-corrected chi connectivity index (χ1v) is 7.76. The molecule has 1 amide bonds. The van der Waals surface area contributed by atoms with Crippen molar-refractivity contribution in [2.24, 2.45) is 0 Å². The maximum Gasteiger partial charge on any atom is 0.254 e. The first kappa shape index (κ1) is 14.0. The summed E-state index contributed by atoms with van der Waals surface area (Å²) in [5, 5.41) is 0.760. The van der Waals surface area contributed by atoms with Gasteiger partial charge >= 0.3 is 0 Å². The lowest BCUT2D eigenvalue weighted by Crippen LogP contribution is -2.46. The van der Waals surface area contributed by atoms with Crippen LogP contribution in [0.4, 0.5) is 0 Å². The molecule has 1 unspecified atom stereocenters. The van der Waals surface area contributed by atoms with E-state index in [-0.39, 0.29) is 12.0 Å². The number of carbonyl (C=O) groups is 1. The standard InChI is InChI=1S/C13H15Br2NO2/c1-9-6-10(15)2-3-12(9)13(17)16-4-5-18-11(7-14)8-16/h2-3,6,11H,4-5,7-8H2,1H3. The van der Waals surface area contributed by atoms with E-state index in [2.05, 4.69) is 31.9 Å². The Labute approximate surface area is 124 Å². The van der Waals surface area contributed by atoms with Crippen LogP contribution < -0.4 is 0 Å². The van der Waals surface area contributed by atoms with E-state index in [1.165, 1.54) is 0 Å². The van der Waals surface area contributed by atoms with Crippen LogP contribution in [0.1, 0.15) is 15.9 Å². The Hall–Kier alpha value is -0.390. The first-order chi connectivity index (χ1) is 8.61. The molecule has 0 radical (unpaired) electrons. The fourth-order valence-corrected chi connectivity index (χ4v) is 2.90. The number of aryl methyl sites for hydroxylation is 1. The highest BCUT2D eigenvalue weighted by atomic mass is 79.9. The maximum absolute atomic E-state index is 12.4. The Morgan fingerprint density at radius 2 is 2.33 bits per heavy atom. The molecular weight excluding hydrogens is 362 g/mol. The van der Waals surface area contributed by atoms with Gasteiger partial charge in [-0.2, -0.15) is 0 Å². The Morgan fingerprint density at radius 3 is 3.00 bits per heavy atom. The third-order valence-electron chi connectivity index (χ3n) is 3.02. The molecule has 1 saturated heterocycles. The minimum absolute atomic E-state index is 0.0919. The second kappa shape index (κ2) is 6.17. The van der Waals surface area contributed by atoms with Crippen LogP contribution in [0.25, 0.3) is 0 Å². The minimum atomic E-state index is 0.0919. The molecule has 0 aromatic heterocycles. The summed E-state index contributed by atoms with van der Waals surface area (Å²) in [5.41, 5.74) is 1.77. The van der Waals surface area contributed by atoms with Gasteiger partial charge in [-0.05, 0) is 30.7 Å². The third-order valence-corrected chi connectivity index (χ3v) is 4.23. The number of carbonyl (C=O) groups excluding carboxylic acids is 1. The average Bonchev–Trinajstić information content (AvgIpc) is 2.38. The monoisotopic (exact) mass is 375 g/mol. The smallest absolute Gasteiger partial charge is 0.254 e. The fourth-order valence-electron chi connectivity index (χ4n) is 2.03. The topological polar surface area (TPSA) is 29.5 Å². The van der Waals surface area contributed by atoms with Gasteiger partial charge in [-0.15, -0.1) is 0 Å². The number of alkyl halides is 1. The van der Waals surface area contributed by atoms with Gasteiger partial charge in [-0.25, -0.2) is 0 Å². The quantitative estimate of drug-likeness (QED) is 0.742. The second-order valence-electron chi connectivity index (χ2n) is 4.36. The molecule has 1 aromatic rings. The van der Waals surface area contributed by atoms with E-state index in [0.29, 0.717) is 19.7 Å². The fraction of sp³-hybridized carbons (Fsp3) is 0.462. The van der Waals surface area contributed by atoms with Crippen molar-refractivity contribution in [2.75, 3.05) is 25.0 Å². The van der Waals surface area contributed by atoms with Gasteiger partial charge in [0.15, 0.2) is 0 Å². The molecule has 3 nitrogen and oxygen atoms in total. The molecule has 2 rings (SSSR count). The molecule has 0 spiro atoms. The van der Waals surface area contributed by atoms with Gasteiger partial charge in [-0.3, -0.25) is 4.79 Å². The number of nitrogens with zero attached hydrogens (tertiary/aromatic N) is 1. The maximum atomic E-state index is 12.4. The van der Waals surface area contributed by atoms with Crippen LogP contribution in [0.2, 0.25) is 0 Å². The van der Waals surface area contributed by atoms with Gasteiger partial charge in [0, 0.05) is 28.5 Å². The molecule has 1 aliphatic heterocycles. The van der Waals surface area contributed by atoms with E-state index < -0.39 is 0 Å². The van der Waals surface area contributed by atoms with Crippen LogP contribution >= 0.6 is 31.9 Å². The van der Waals surface area contributed by atoms with Crippen molar-refractivity contribution in [3.05, 3.63) is 33.8 Å². The summed E-state index contributed by atoms with van der Waals surface area (Å²) < 4.78 is 6.54. The van der Waals surface area contributed by atoms with Crippen LogP contribution in [0, 0.1) is 6.92 Å². The van der Waals surface area contributed by atoms with Crippen molar-refractivity contribution in [1.29, 1.82) is 0 Å². The Morgan fingerprint density at radius 1 is 1.56 bits per heavy atom. The molecule has 0 saturated carbocycles. The zero-order valence-corrected chi connectivity index (χ0v) is 13.3. The lowest BCUT2D eigenvalue weighted by atomic mass is 10.1. The molecule has 1 heterocycles. The summed E-state index contributed by atoms with van der Waals surface area (Å²) in [7, 11) is 0. The Balaban J connectivity index is 2.15. The van der Waals surface area contributed by atoms with E-state index in [9.17, 15) is 4.79 Å². The van der Waals surface area contributed by atoms with Crippen molar-refractivity contribution in [3.8, 4) is 0 Å². The number of halogens is 2. The van der Waals surface area contributed by atoms with E-state index in [0.717, 1.165) is 20.9 Å². The highest BCUT2D eigenvalue weighted by Gasteiger charge is 2.25. The first-order valence-electron chi connectivity index (χ1n) is 5.85. The number of amides is 1. The summed E-state index contributed by atoms with van der Waals surface area (Å²) in [6.45, 7) is 3.88. The number of hydrogen-bond acceptors (Lipinski definition) is 2. The molecule has 18 heavy (non-hydrogen) atoms. The molecule has 0 bridgehead atoms. The van der Waals surface area contributed by atoms with E-state index >= 15 is 0 Å². The number of hydrogen-bond donors (Lipinski definition) is 0. The second-order valence-corrected chi connectivity index (χ2v) is 5.92. The Kier molecular flexibility index (Phi) is 4.81. The van der Waals surface area contributed by atoms with Crippen molar-refractivity contribution in [2.45, 2.75) is 13.0 Å². The van der Waals surface area contributed by atoms with Crippen LogP contribution in [0.3, 0.4) is 0 Å². The molecule has 1 atom stereocenters. The van der Waals surface area contributed by atoms with Gasteiger partial charge in [-0.1, -0.05) is 31.9 Å². The lowest BCUT2D eigenvalue weighted by Gasteiger charge is -2.32. The van der Waals surface area contributed by atoms with Crippen LogP contribution in [0.15, 0.2) is 22.7 Å². The number of morpholine rings is 1. The average molecular weight is 377 g/mol.